The molecule has 0 spiro atoms. The second-order valence-electron chi connectivity index (χ2n) is 4.73. The third kappa shape index (κ3) is 3.20. The number of benzene rings is 1. The Morgan fingerprint density at radius 3 is 2.84 bits per heavy atom. The molecule has 2 rings (SSSR count). The number of nitrogens with two attached hydrogens (primary N) is 1. The lowest BCUT2D eigenvalue weighted by atomic mass is 10.0. The normalized spacial score (nSPS) is 23.1. The van der Waals surface area contributed by atoms with E-state index in [4.69, 9.17) is 10.5 Å². The van der Waals surface area contributed by atoms with E-state index in [1.54, 1.807) is 0 Å². The van der Waals surface area contributed by atoms with Gasteiger partial charge in [0.05, 0.1) is 17.4 Å². The summed E-state index contributed by atoms with van der Waals surface area (Å²) in [5, 5.41) is 2.72. The van der Waals surface area contributed by atoms with Gasteiger partial charge in [-0.3, -0.25) is 4.79 Å². The van der Waals surface area contributed by atoms with Gasteiger partial charge in [0.15, 0.2) is 0 Å². The van der Waals surface area contributed by atoms with Crippen molar-refractivity contribution in [3.63, 3.8) is 0 Å². The molecular weight excluding hydrogens is 254 g/mol. The average molecular weight is 270 g/mol. The summed E-state index contributed by atoms with van der Waals surface area (Å²) in [6, 6.07) is 1.57. The van der Waals surface area contributed by atoms with E-state index in [1.807, 2.05) is 6.92 Å². The zero-order chi connectivity index (χ0) is 14.0. The molecule has 19 heavy (non-hydrogen) atoms. The minimum Gasteiger partial charge on any atom is -0.396 e. The topological polar surface area (TPSA) is 64.4 Å². The van der Waals surface area contributed by atoms with Crippen LogP contribution in [0.2, 0.25) is 0 Å². The van der Waals surface area contributed by atoms with Crippen LogP contribution in [0.1, 0.15) is 30.1 Å². The first-order valence-electron chi connectivity index (χ1n) is 6.14. The molecule has 1 aromatic carbocycles. The van der Waals surface area contributed by atoms with Gasteiger partial charge in [0.25, 0.3) is 5.91 Å². The molecule has 1 aromatic rings. The van der Waals surface area contributed by atoms with Crippen LogP contribution >= 0.6 is 0 Å². The van der Waals surface area contributed by atoms with Crippen LogP contribution < -0.4 is 11.1 Å². The Kier molecular flexibility index (Phi) is 3.99. The predicted octanol–water partition coefficient (Wildman–Crippen LogP) is 1.84. The van der Waals surface area contributed by atoms with Gasteiger partial charge in [0, 0.05) is 18.7 Å². The molecule has 0 aromatic heterocycles. The molecule has 4 nitrogen and oxygen atoms in total. The van der Waals surface area contributed by atoms with Gasteiger partial charge in [-0.15, -0.1) is 0 Å². The molecular formula is C13H16F2N2O2. The number of ether oxygens (including phenoxy) is 1. The van der Waals surface area contributed by atoms with E-state index in [9.17, 15) is 13.6 Å². The molecule has 0 bridgehead atoms. The van der Waals surface area contributed by atoms with Crippen molar-refractivity contribution in [2.24, 2.45) is 0 Å². The van der Waals surface area contributed by atoms with E-state index in [-0.39, 0.29) is 23.4 Å². The number of halogens is 2. The first kappa shape index (κ1) is 13.7. The van der Waals surface area contributed by atoms with Crippen molar-refractivity contribution < 1.29 is 18.3 Å². The number of nitrogens with one attached hydrogen (secondary N) is 1. The van der Waals surface area contributed by atoms with E-state index >= 15 is 0 Å². The smallest absolute Gasteiger partial charge is 0.254 e. The van der Waals surface area contributed by atoms with Crippen LogP contribution in [0.25, 0.3) is 0 Å². The molecule has 1 fully saturated rings. The molecule has 3 N–H and O–H groups in total. The lowest BCUT2D eigenvalue weighted by Gasteiger charge is -2.28. The van der Waals surface area contributed by atoms with E-state index in [1.165, 1.54) is 0 Å². The van der Waals surface area contributed by atoms with E-state index in [0.29, 0.717) is 25.5 Å². The Balaban J connectivity index is 2.09. The van der Waals surface area contributed by atoms with Crippen LogP contribution in [0.4, 0.5) is 14.5 Å². The fourth-order valence-electron chi connectivity index (χ4n) is 2.13. The standard InChI is InChI=1S/C13H16F2N2O2/c1-7-4-8(2-3-19-7)17-13(18)9-5-12(16)11(15)6-10(9)14/h5-8H,2-4,16H2,1H3,(H,17,18). The Morgan fingerprint density at radius 2 is 2.16 bits per heavy atom. The summed E-state index contributed by atoms with van der Waals surface area (Å²) >= 11 is 0. The van der Waals surface area contributed by atoms with Crippen molar-refractivity contribution in [2.45, 2.75) is 31.9 Å². The Labute approximate surface area is 109 Å². The van der Waals surface area contributed by atoms with Crippen molar-refractivity contribution >= 4 is 11.6 Å². The molecule has 0 saturated carbocycles. The van der Waals surface area contributed by atoms with Crippen molar-refractivity contribution in [2.75, 3.05) is 12.3 Å². The van der Waals surface area contributed by atoms with Crippen molar-refractivity contribution in [1.29, 1.82) is 0 Å². The quantitative estimate of drug-likeness (QED) is 0.806. The molecule has 1 aliphatic rings. The Morgan fingerprint density at radius 1 is 1.42 bits per heavy atom. The SMILES string of the molecule is CC1CC(NC(=O)c2cc(N)c(F)cc2F)CCO1. The minimum atomic E-state index is -0.913. The average Bonchev–Trinajstić information content (AvgIpc) is 2.33. The van der Waals surface area contributed by atoms with Gasteiger partial charge in [-0.05, 0) is 25.8 Å². The first-order valence-corrected chi connectivity index (χ1v) is 6.14. The highest BCUT2D eigenvalue weighted by atomic mass is 19.1. The lowest BCUT2D eigenvalue weighted by Crippen LogP contribution is -2.41. The number of amides is 1. The maximum atomic E-state index is 13.5. The molecule has 0 aliphatic carbocycles. The third-order valence-electron chi connectivity index (χ3n) is 3.15. The predicted molar refractivity (Wildman–Crippen MR) is 66.7 cm³/mol. The number of rotatable bonds is 2. The zero-order valence-electron chi connectivity index (χ0n) is 10.6. The minimum absolute atomic E-state index is 0.0576. The summed E-state index contributed by atoms with van der Waals surface area (Å²) in [6.45, 7) is 2.47. The van der Waals surface area contributed by atoms with Crippen LogP contribution in [0.5, 0.6) is 0 Å². The van der Waals surface area contributed by atoms with Gasteiger partial charge in [0.2, 0.25) is 0 Å². The summed E-state index contributed by atoms with van der Waals surface area (Å²) < 4.78 is 31.9. The summed E-state index contributed by atoms with van der Waals surface area (Å²) in [5.41, 5.74) is 4.86. The molecule has 6 heteroatoms. The largest absolute Gasteiger partial charge is 0.396 e. The van der Waals surface area contributed by atoms with Gasteiger partial charge in [-0.1, -0.05) is 0 Å². The van der Waals surface area contributed by atoms with Crippen molar-refractivity contribution in [3.8, 4) is 0 Å². The number of hydrogen-bond donors (Lipinski definition) is 2. The molecule has 104 valence electrons. The van der Waals surface area contributed by atoms with Gasteiger partial charge in [-0.25, -0.2) is 8.78 Å². The van der Waals surface area contributed by atoms with Crippen LogP contribution in [-0.4, -0.2) is 24.7 Å². The summed E-state index contributed by atoms with van der Waals surface area (Å²) in [6.07, 6.45) is 1.40. The zero-order valence-corrected chi connectivity index (χ0v) is 10.6. The van der Waals surface area contributed by atoms with E-state index < -0.39 is 17.5 Å². The Bertz CT molecular complexity index is 494. The number of hydrogen-bond acceptors (Lipinski definition) is 3. The molecule has 1 saturated heterocycles. The highest BCUT2D eigenvalue weighted by molar-refractivity contribution is 5.95. The van der Waals surface area contributed by atoms with Crippen molar-refractivity contribution in [3.05, 3.63) is 29.3 Å². The maximum absolute atomic E-state index is 13.5. The molecule has 0 radical (unpaired) electrons. The van der Waals surface area contributed by atoms with Crippen LogP contribution in [0.3, 0.4) is 0 Å². The van der Waals surface area contributed by atoms with Crippen LogP contribution in [-0.2, 0) is 4.74 Å². The summed E-state index contributed by atoms with van der Waals surface area (Å²) in [7, 11) is 0. The van der Waals surface area contributed by atoms with Gasteiger partial charge < -0.3 is 15.8 Å². The van der Waals surface area contributed by atoms with Crippen LogP contribution in [0.15, 0.2) is 12.1 Å². The highest BCUT2D eigenvalue weighted by Crippen LogP contribution is 2.18. The summed E-state index contributed by atoms with van der Waals surface area (Å²) in [5.74, 6) is -2.36. The first-order chi connectivity index (χ1) is 8.97. The second kappa shape index (κ2) is 5.52. The Hall–Kier alpha value is -1.69. The molecule has 1 amide bonds. The fourth-order valence-corrected chi connectivity index (χ4v) is 2.13. The monoisotopic (exact) mass is 270 g/mol. The highest BCUT2D eigenvalue weighted by Gasteiger charge is 2.23. The van der Waals surface area contributed by atoms with Gasteiger partial charge in [0.1, 0.15) is 11.6 Å². The van der Waals surface area contributed by atoms with E-state index in [2.05, 4.69) is 5.32 Å². The fraction of sp³-hybridized carbons (Fsp3) is 0.462. The molecule has 2 atom stereocenters. The van der Waals surface area contributed by atoms with Crippen molar-refractivity contribution in [1.82, 2.24) is 5.32 Å². The lowest BCUT2D eigenvalue weighted by molar-refractivity contribution is 0.0136. The molecule has 2 unspecified atom stereocenters. The van der Waals surface area contributed by atoms with Crippen LogP contribution in [0, 0.1) is 11.6 Å². The van der Waals surface area contributed by atoms with Gasteiger partial charge >= 0.3 is 0 Å². The number of nitrogen functional groups attached to an aromatic ring is 1. The molecule has 1 aliphatic heterocycles. The number of anilines is 1. The maximum Gasteiger partial charge on any atom is 0.254 e. The summed E-state index contributed by atoms with van der Waals surface area (Å²) in [4.78, 5) is 11.9. The number of carbonyl (C=O) groups excluding carboxylic acids is 1. The third-order valence-corrected chi connectivity index (χ3v) is 3.15. The van der Waals surface area contributed by atoms with E-state index in [0.717, 1.165) is 6.07 Å². The second-order valence-corrected chi connectivity index (χ2v) is 4.73. The van der Waals surface area contributed by atoms with Gasteiger partial charge in [-0.2, -0.15) is 0 Å². The number of carbonyl (C=O) groups is 1. The molecule has 1 heterocycles.